The highest BCUT2D eigenvalue weighted by molar-refractivity contribution is 7.63. The van der Waals surface area contributed by atoms with E-state index in [9.17, 15) is 10.2 Å². The molecule has 9 nitrogen and oxygen atoms in total. The summed E-state index contributed by atoms with van der Waals surface area (Å²) in [5, 5.41) is 22.4. The Kier molecular flexibility index (Phi) is 8.82. The molecule has 320 valence electrons. The zero-order valence-electron chi connectivity index (χ0n) is 36.1. The van der Waals surface area contributed by atoms with E-state index >= 15 is 4.57 Å². The molecule has 0 radical (unpaired) electrons. The maximum Gasteiger partial charge on any atom is 0.462 e. The second kappa shape index (κ2) is 14.2. The molecule has 0 fully saturated rings. The largest absolute Gasteiger partial charge is 0.512 e. The van der Waals surface area contributed by atoms with E-state index in [0.717, 1.165) is 67.8 Å². The summed E-state index contributed by atoms with van der Waals surface area (Å²) in [6.45, 7) is 8.75. The number of nitrogens with one attached hydrogen (secondary N) is 4. The van der Waals surface area contributed by atoms with Crippen LogP contribution >= 0.6 is 7.60 Å². The van der Waals surface area contributed by atoms with Gasteiger partial charge in [0.25, 0.3) is 0 Å². The Balaban J connectivity index is 1.25. The quantitative estimate of drug-likeness (QED) is 0.0982. The van der Waals surface area contributed by atoms with Gasteiger partial charge in [0.15, 0.2) is 0 Å². The third kappa shape index (κ3) is 5.87. The predicted octanol–water partition coefficient (Wildman–Crippen LogP) is 11.8. The molecule has 0 spiro atoms. The second-order valence-corrected chi connectivity index (χ2v) is 20.0. The molecule has 14 bridgehead atoms. The topological polar surface area (TPSA) is 139 Å². The molecule has 5 unspecified atom stereocenters. The number of phenolic OH excluding ortho intramolecular Hbond substituents is 1. The Morgan fingerprint density at radius 1 is 0.484 bits per heavy atom. The van der Waals surface area contributed by atoms with E-state index in [1.165, 1.54) is 0 Å². The van der Waals surface area contributed by atoms with Crippen molar-refractivity contribution in [2.75, 3.05) is 0 Å². The Hall–Kier alpha value is -7.09. The first kappa shape index (κ1) is 39.7. The fraction of sp³-hybridized carbons (Fsp3) is 0.185. The first-order valence-corrected chi connectivity index (χ1v) is 23.3. The Bertz CT molecular complexity index is 3230. The maximum atomic E-state index is 15.4. The molecular weight excluding hydrogens is 816 g/mol. The Labute approximate surface area is 372 Å². The summed E-state index contributed by atoms with van der Waals surface area (Å²) in [6, 6.07) is 49.3. The van der Waals surface area contributed by atoms with E-state index in [4.69, 9.17) is 9.05 Å². The lowest BCUT2D eigenvalue weighted by Gasteiger charge is -2.35. The first-order valence-electron chi connectivity index (χ1n) is 21.8. The van der Waals surface area contributed by atoms with Crippen LogP contribution in [0.2, 0.25) is 0 Å². The summed E-state index contributed by atoms with van der Waals surface area (Å²) in [7, 11) is -4.04. The lowest BCUT2D eigenvalue weighted by molar-refractivity contribution is 0.384. The summed E-state index contributed by atoms with van der Waals surface area (Å²) in [6.07, 6.45) is 5.40. The number of rotatable bonds is 3. The number of aromatic hydroxyl groups is 1. The average molecular weight is 865 g/mol. The van der Waals surface area contributed by atoms with Crippen molar-refractivity contribution in [2.24, 2.45) is 0 Å². The van der Waals surface area contributed by atoms with Crippen molar-refractivity contribution < 1.29 is 23.8 Å². The van der Waals surface area contributed by atoms with Crippen molar-refractivity contribution in [3.05, 3.63) is 237 Å². The van der Waals surface area contributed by atoms with Crippen LogP contribution in [0, 0.1) is 0 Å². The van der Waals surface area contributed by atoms with E-state index in [1.807, 2.05) is 78.9 Å². The van der Waals surface area contributed by atoms with Crippen LogP contribution in [0.1, 0.15) is 103 Å². The highest BCUT2D eigenvalue weighted by Gasteiger charge is 2.45. The minimum Gasteiger partial charge on any atom is -0.512 e. The third-order valence-corrected chi connectivity index (χ3v) is 16.3. The van der Waals surface area contributed by atoms with Gasteiger partial charge in [-0.2, -0.15) is 0 Å². The predicted molar refractivity (Wildman–Crippen MR) is 250 cm³/mol. The number of benzene rings is 4. The molecule has 0 saturated carbocycles. The lowest BCUT2D eigenvalue weighted by atomic mass is 9.74. The molecular formula is C54H49N4O5P. The van der Waals surface area contributed by atoms with Gasteiger partial charge < -0.3 is 39.2 Å². The van der Waals surface area contributed by atoms with Crippen molar-refractivity contribution in [2.45, 2.75) is 62.2 Å². The number of aromatic nitrogens is 4. The van der Waals surface area contributed by atoms with Gasteiger partial charge in [-0.05, 0) is 160 Å². The summed E-state index contributed by atoms with van der Waals surface area (Å²) in [5.74, 6) is 1.31. The van der Waals surface area contributed by atoms with Crippen LogP contribution in [0.5, 0.6) is 17.2 Å². The van der Waals surface area contributed by atoms with Crippen LogP contribution in [-0.4, -0.2) is 30.1 Å². The molecule has 6 heterocycles. The monoisotopic (exact) mass is 864 g/mol. The summed E-state index contributed by atoms with van der Waals surface area (Å²) in [4.78, 5) is 15.8. The van der Waals surface area contributed by atoms with Crippen molar-refractivity contribution in [1.82, 2.24) is 19.9 Å². The van der Waals surface area contributed by atoms with Gasteiger partial charge in [-0.15, -0.1) is 0 Å². The standard InChI is InChI=1S/C54H49N4O5P/c1-51(34-12-8-16-38(59)30-34)43-22-23-44(55-43)52(2,35-13-9-17-39(60)31-35)46-25-27-48(57-46)54(4)37-15-11-19-41(33-37)63-64(61,42-20-6-5-7-21-42)62-40-18-10-14-36(32-40)53(3,47-26-24-45(51)56-47)49-28-29-50(54)58-49/h5-8,10-16,18-33,55-60H,9,17H2,1-4H3. The SMILES string of the molecule is CC1(C2=CCCC(O)=C2)c2ccc([nH]2)C(C)(c2cccc(O)c2)c2ccc([nH]2)C2(C)c3cccc(c3)OP(=O)(c3ccccc3)Oc3cccc(c3)C(C)(c3ccc1[nH]3)c1ccc2[nH]1. The van der Waals surface area contributed by atoms with Gasteiger partial charge >= 0.3 is 7.60 Å². The maximum absolute atomic E-state index is 15.4. The summed E-state index contributed by atoms with van der Waals surface area (Å²) >= 11 is 0. The first-order chi connectivity index (χ1) is 30.8. The van der Waals surface area contributed by atoms with Crippen LogP contribution < -0.4 is 14.4 Å². The van der Waals surface area contributed by atoms with E-state index in [2.05, 4.69) is 114 Å². The highest BCUT2D eigenvalue weighted by Crippen LogP contribution is 2.52. The van der Waals surface area contributed by atoms with Crippen LogP contribution in [0.15, 0.2) is 175 Å². The van der Waals surface area contributed by atoms with Crippen LogP contribution in [0.4, 0.5) is 0 Å². The Morgan fingerprint density at radius 2 is 0.891 bits per heavy atom. The zero-order chi connectivity index (χ0) is 44.1. The van der Waals surface area contributed by atoms with Gasteiger partial charge in [-0.3, -0.25) is 0 Å². The minimum atomic E-state index is -4.04. The molecule has 0 saturated heterocycles. The molecule has 4 aromatic carbocycles. The van der Waals surface area contributed by atoms with Crippen LogP contribution in [-0.2, 0) is 26.2 Å². The van der Waals surface area contributed by atoms with Crippen molar-refractivity contribution in [3.8, 4) is 17.2 Å². The van der Waals surface area contributed by atoms with Gasteiger partial charge in [0.2, 0.25) is 0 Å². The van der Waals surface area contributed by atoms with Gasteiger partial charge in [0.1, 0.15) is 17.2 Å². The van der Waals surface area contributed by atoms with Crippen molar-refractivity contribution in [1.29, 1.82) is 0 Å². The van der Waals surface area contributed by atoms with Crippen molar-refractivity contribution in [3.63, 3.8) is 0 Å². The van der Waals surface area contributed by atoms with E-state index < -0.39 is 29.3 Å². The van der Waals surface area contributed by atoms with Gasteiger partial charge in [0, 0.05) is 52.0 Å². The number of aliphatic hydroxyl groups excluding tert-OH is 1. The zero-order valence-corrected chi connectivity index (χ0v) is 37.0. The minimum absolute atomic E-state index is 0.167. The van der Waals surface area contributed by atoms with Crippen LogP contribution in [0.3, 0.4) is 0 Å². The molecule has 6 N–H and O–H groups in total. The molecule has 8 aromatic rings. The van der Waals surface area contributed by atoms with Gasteiger partial charge in [-0.25, -0.2) is 4.57 Å². The summed E-state index contributed by atoms with van der Waals surface area (Å²) < 4.78 is 28.6. The normalized spacial score (nSPS) is 26.0. The number of hydrogen-bond acceptors (Lipinski definition) is 5. The molecule has 64 heavy (non-hydrogen) atoms. The average Bonchev–Trinajstić information content (AvgIpc) is 4.16. The van der Waals surface area contributed by atoms with E-state index in [-0.39, 0.29) is 5.75 Å². The number of hydrogen-bond donors (Lipinski definition) is 6. The number of fused-ring (bicyclic) bond motifs is 14. The van der Waals surface area contributed by atoms with E-state index in [0.29, 0.717) is 35.4 Å². The molecule has 5 atom stereocenters. The molecule has 4 aromatic heterocycles. The Morgan fingerprint density at radius 3 is 1.31 bits per heavy atom. The number of aromatic amines is 4. The fourth-order valence-corrected chi connectivity index (χ4v) is 11.9. The highest BCUT2D eigenvalue weighted by atomic mass is 31.2. The molecule has 0 amide bonds. The van der Waals surface area contributed by atoms with Crippen molar-refractivity contribution >= 4 is 12.9 Å². The van der Waals surface area contributed by atoms with E-state index in [1.54, 1.807) is 18.2 Å². The third-order valence-electron chi connectivity index (χ3n) is 14.5. The molecule has 3 aliphatic rings. The number of phenols is 1. The molecule has 11 rings (SSSR count). The fourth-order valence-electron chi connectivity index (χ4n) is 10.3. The number of allylic oxidation sites excluding steroid dienone is 4. The molecule has 1 aliphatic carbocycles. The number of H-pyrrole nitrogens is 4. The van der Waals surface area contributed by atoms with Crippen LogP contribution in [0.25, 0.3) is 0 Å². The van der Waals surface area contributed by atoms with Gasteiger partial charge in [0.05, 0.1) is 32.7 Å². The summed E-state index contributed by atoms with van der Waals surface area (Å²) in [5.41, 5.74) is 7.67. The molecule has 2 aliphatic heterocycles. The van der Waals surface area contributed by atoms with Gasteiger partial charge in [-0.1, -0.05) is 60.7 Å². The molecule has 10 heteroatoms. The smallest absolute Gasteiger partial charge is 0.462 e. The second-order valence-electron chi connectivity index (χ2n) is 18.1. The number of aliphatic hydroxyl groups is 1. The lowest BCUT2D eigenvalue weighted by Crippen LogP contribution is -2.32.